The first-order chi connectivity index (χ1) is 11.7. The Morgan fingerprint density at radius 1 is 1.08 bits per heavy atom. The van der Waals surface area contributed by atoms with Gasteiger partial charge in [0, 0.05) is 23.0 Å². The maximum absolute atomic E-state index is 12.6. The summed E-state index contributed by atoms with van der Waals surface area (Å²) < 4.78 is 23.0. The van der Waals surface area contributed by atoms with Crippen LogP contribution >= 0.6 is 11.3 Å². The normalized spacial score (nSPS) is 11.7. The van der Waals surface area contributed by atoms with Crippen LogP contribution in [0.25, 0.3) is 10.2 Å². The number of aromatic nitrogens is 2. The minimum Gasteiger partial charge on any atom is -0.321 e. The lowest BCUT2D eigenvalue weighted by molar-refractivity contribution is 0.103. The zero-order chi connectivity index (χ0) is 18.4. The fourth-order valence-electron chi connectivity index (χ4n) is 2.66. The van der Waals surface area contributed by atoms with Gasteiger partial charge in [0.25, 0.3) is 5.91 Å². The molecule has 25 heavy (non-hydrogen) atoms. The van der Waals surface area contributed by atoms with Crippen molar-refractivity contribution in [2.75, 3.05) is 11.6 Å². The molecule has 0 saturated heterocycles. The molecule has 2 heterocycles. The first kappa shape index (κ1) is 17.5. The number of nitrogens with zero attached hydrogens (tertiary/aromatic N) is 2. The highest BCUT2D eigenvalue weighted by Gasteiger charge is 2.19. The molecule has 0 bridgehead atoms. The molecular weight excluding hydrogens is 358 g/mol. The number of thiophene rings is 1. The molecule has 0 aliphatic rings. The van der Waals surface area contributed by atoms with Gasteiger partial charge in [-0.2, -0.15) is 0 Å². The largest absolute Gasteiger partial charge is 0.321 e. The van der Waals surface area contributed by atoms with Gasteiger partial charge in [0.05, 0.1) is 9.77 Å². The van der Waals surface area contributed by atoms with Gasteiger partial charge in [-0.25, -0.2) is 18.4 Å². The summed E-state index contributed by atoms with van der Waals surface area (Å²) in [6.07, 6.45) is 1.15. The second-order valence-corrected chi connectivity index (χ2v) is 8.86. The lowest BCUT2D eigenvalue weighted by Gasteiger charge is -2.05. The number of carbonyl (C=O) groups is 1. The van der Waals surface area contributed by atoms with Gasteiger partial charge in [-0.3, -0.25) is 4.79 Å². The third-order valence-electron chi connectivity index (χ3n) is 3.83. The van der Waals surface area contributed by atoms with Crippen LogP contribution in [0.15, 0.2) is 29.2 Å². The van der Waals surface area contributed by atoms with E-state index in [-0.39, 0.29) is 10.8 Å². The predicted molar refractivity (Wildman–Crippen MR) is 99.1 cm³/mol. The molecular formula is C17H17N3O3S2. The second-order valence-electron chi connectivity index (χ2n) is 5.84. The van der Waals surface area contributed by atoms with Crippen molar-refractivity contribution < 1.29 is 13.2 Å². The number of fused-ring (bicyclic) bond motifs is 1. The van der Waals surface area contributed by atoms with Gasteiger partial charge in [0.2, 0.25) is 0 Å². The lowest BCUT2D eigenvalue weighted by atomic mass is 10.1. The molecule has 8 heteroatoms. The van der Waals surface area contributed by atoms with Crippen LogP contribution in [0.4, 0.5) is 5.69 Å². The van der Waals surface area contributed by atoms with Crippen LogP contribution in [0.1, 0.15) is 26.8 Å². The smallest absolute Gasteiger partial charge is 0.266 e. The molecule has 1 aromatic carbocycles. The molecule has 3 rings (SSSR count). The highest BCUT2D eigenvalue weighted by atomic mass is 32.2. The number of nitrogens with one attached hydrogen (secondary N) is 1. The number of hydrogen-bond donors (Lipinski definition) is 1. The Balaban J connectivity index is 1.93. The van der Waals surface area contributed by atoms with Crippen molar-refractivity contribution in [1.82, 2.24) is 9.97 Å². The van der Waals surface area contributed by atoms with Gasteiger partial charge < -0.3 is 5.32 Å². The van der Waals surface area contributed by atoms with Crippen LogP contribution in [-0.2, 0) is 9.84 Å². The Hall–Kier alpha value is -2.32. The lowest BCUT2D eigenvalue weighted by Crippen LogP contribution is -2.11. The van der Waals surface area contributed by atoms with Crippen molar-refractivity contribution >= 4 is 43.0 Å². The summed E-state index contributed by atoms with van der Waals surface area (Å²) in [5.74, 6) is 0.430. The highest BCUT2D eigenvalue weighted by molar-refractivity contribution is 7.90. The van der Waals surface area contributed by atoms with E-state index in [4.69, 9.17) is 0 Å². The zero-order valence-corrected chi connectivity index (χ0v) is 15.9. The van der Waals surface area contributed by atoms with Crippen LogP contribution in [0.2, 0.25) is 0 Å². The first-order valence-electron chi connectivity index (χ1n) is 7.52. The summed E-state index contributed by atoms with van der Waals surface area (Å²) in [7, 11) is -3.26. The molecule has 3 aromatic rings. The Labute approximate surface area is 149 Å². The third-order valence-corrected chi connectivity index (χ3v) is 6.14. The quantitative estimate of drug-likeness (QED) is 0.759. The van der Waals surface area contributed by atoms with Gasteiger partial charge in [-0.15, -0.1) is 11.3 Å². The summed E-state index contributed by atoms with van der Waals surface area (Å²) in [6.45, 7) is 5.61. The number of rotatable bonds is 3. The van der Waals surface area contributed by atoms with Gasteiger partial charge in [-0.1, -0.05) is 0 Å². The Kier molecular flexibility index (Phi) is 4.34. The molecule has 0 saturated carbocycles. The topological polar surface area (TPSA) is 89.0 Å². The number of anilines is 1. The summed E-state index contributed by atoms with van der Waals surface area (Å²) in [5.41, 5.74) is 2.24. The summed E-state index contributed by atoms with van der Waals surface area (Å²) in [6, 6.07) is 6.10. The maximum atomic E-state index is 12.6. The summed E-state index contributed by atoms with van der Waals surface area (Å²) >= 11 is 1.33. The monoisotopic (exact) mass is 375 g/mol. The fraction of sp³-hybridized carbons (Fsp3) is 0.235. The second kappa shape index (κ2) is 6.20. The highest BCUT2D eigenvalue weighted by Crippen LogP contribution is 2.31. The third kappa shape index (κ3) is 3.40. The zero-order valence-electron chi connectivity index (χ0n) is 14.2. The molecule has 0 aliphatic heterocycles. The number of amides is 1. The van der Waals surface area contributed by atoms with Crippen molar-refractivity contribution in [3.63, 3.8) is 0 Å². The molecule has 130 valence electrons. The van der Waals surface area contributed by atoms with E-state index in [2.05, 4.69) is 15.3 Å². The molecule has 0 spiro atoms. The van der Waals surface area contributed by atoms with Gasteiger partial charge in [0.15, 0.2) is 9.84 Å². The van der Waals surface area contributed by atoms with E-state index < -0.39 is 9.84 Å². The molecule has 2 aromatic heterocycles. The Bertz CT molecular complexity index is 1080. The first-order valence-corrected chi connectivity index (χ1v) is 10.2. The molecule has 0 radical (unpaired) electrons. The Morgan fingerprint density at radius 3 is 2.32 bits per heavy atom. The number of sulfone groups is 1. The van der Waals surface area contributed by atoms with Crippen LogP contribution in [0, 0.1) is 20.8 Å². The number of aryl methyl sites for hydroxylation is 3. The Morgan fingerprint density at radius 2 is 1.72 bits per heavy atom. The van der Waals surface area contributed by atoms with Gasteiger partial charge in [0.1, 0.15) is 10.7 Å². The van der Waals surface area contributed by atoms with Crippen LogP contribution in [0.3, 0.4) is 0 Å². The predicted octanol–water partition coefficient (Wildman–Crippen LogP) is 3.27. The van der Waals surface area contributed by atoms with Crippen LogP contribution < -0.4 is 5.32 Å². The summed E-state index contributed by atoms with van der Waals surface area (Å²) in [4.78, 5) is 23.0. The molecule has 1 amide bonds. The van der Waals surface area contributed by atoms with E-state index in [0.717, 1.165) is 27.7 Å². The van der Waals surface area contributed by atoms with E-state index in [1.54, 1.807) is 12.1 Å². The van der Waals surface area contributed by atoms with Gasteiger partial charge >= 0.3 is 0 Å². The standard InChI is InChI=1S/C17H17N3O3S2/c1-9-14-10(2)18-11(3)19-17(14)24-15(9)16(21)20-12-5-7-13(8-6-12)25(4,22)23/h5-8H,1-4H3,(H,20,21). The fourth-order valence-corrected chi connectivity index (χ4v) is 4.47. The van der Waals surface area contributed by atoms with Crippen molar-refractivity contribution in [2.45, 2.75) is 25.7 Å². The molecule has 6 nitrogen and oxygen atoms in total. The van der Waals surface area contributed by atoms with E-state index in [1.807, 2.05) is 20.8 Å². The number of carbonyl (C=O) groups excluding carboxylic acids is 1. The van der Waals surface area contributed by atoms with Crippen LogP contribution in [0.5, 0.6) is 0 Å². The van der Waals surface area contributed by atoms with Gasteiger partial charge in [-0.05, 0) is 50.6 Å². The molecule has 0 atom stereocenters. The molecule has 1 N–H and O–H groups in total. The minimum atomic E-state index is -3.26. The average molecular weight is 375 g/mol. The molecule has 0 unspecified atom stereocenters. The van der Waals surface area contributed by atoms with Crippen molar-refractivity contribution in [1.29, 1.82) is 0 Å². The van der Waals surface area contributed by atoms with E-state index in [1.165, 1.54) is 23.5 Å². The van der Waals surface area contributed by atoms with Crippen molar-refractivity contribution in [3.8, 4) is 0 Å². The van der Waals surface area contributed by atoms with E-state index in [0.29, 0.717) is 16.4 Å². The maximum Gasteiger partial charge on any atom is 0.266 e. The van der Waals surface area contributed by atoms with Crippen molar-refractivity contribution in [2.24, 2.45) is 0 Å². The molecule has 0 fully saturated rings. The van der Waals surface area contributed by atoms with Crippen LogP contribution in [-0.4, -0.2) is 30.5 Å². The minimum absolute atomic E-state index is 0.213. The van der Waals surface area contributed by atoms with E-state index in [9.17, 15) is 13.2 Å². The van der Waals surface area contributed by atoms with Crippen molar-refractivity contribution in [3.05, 3.63) is 46.2 Å². The summed E-state index contributed by atoms with van der Waals surface area (Å²) in [5, 5.41) is 3.71. The SMILES string of the molecule is Cc1nc(C)c2c(C)c(C(=O)Nc3ccc(S(C)(=O)=O)cc3)sc2n1. The average Bonchev–Trinajstić information content (AvgIpc) is 2.84. The molecule has 0 aliphatic carbocycles. The number of hydrogen-bond acceptors (Lipinski definition) is 6. The van der Waals surface area contributed by atoms with E-state index >= 15 is 0 Å². The number of benzene rings is 1.